The van der Waals surface area contributed by atoms with E-state index in [-0.39, 0.29) is 132 Å². The number of anilines is 1. The predicted octanol–water partition coefficient (Wildman–Crippen LogP) is 6.18. The number of benzene rings is 1. The molecule has 0 radical (unpaired) electrons. The van der Waals surface area contributed by atoms with E-state index in [1.54, 1.807) is 65.9 Å². The van der Waals surface area contributed by atoms with Crippen LogP contribution >= 0.6 is 11.3 Å². The van der Waals surface area contributed by atoms with E-state index in [0.29, 0.717) is 167 Å². The largest absolute Gasteiger partial charge is 0.458 e. The Morgan fingerprint density at radius 1 is 0.692 bits per heavy atom. The van der Waals surface area contributed by atoms with Crippen LogP contribution in [0.2, 0.25) is 0 Å². The van der Waals surface area contributed by atoms with E-state index in [1.165, 1.54) is 27.9 Å². The van der Waals surface area contributed by atoms with E-state index < -0.39 is 136 Å². The quantitative estimate of drug-likeness (QED) is 0.00669. The van der Waals surface area contributed by atoms with Crippen molar-refractivity contribution in [1.82, 2.24) is 81.5 Å². The van der Waals surface area contributed by atoms with E-state index in [9.17, 15) is 66.3 Å². The Kier molecular flexibility index (Phi) is 42.7. The molecule has 0 unspecified atom stereocenters. The summed E-state index contributed by atoms with van der Waals surface area (Å²) in [6, 6.07) is 0.532. The molecule has 146 heavy (non-hydrogen) atoms. The van der Waals surface area contributed by atoms with Crippen LogP contribution in [-0.2, 0) is 143 Å². The van der Waals surface area contributed by atoms with Gasteiger partial charge in [0.25, 0.3) is 5.56 Å². The highest BCUT2D eigenvalue weighted by Gasteiger charge is 2.47. The molecule has 798 valence electrons. The van der Waals surface area contributed by atoms with Gasteiger partial charge in [0.15, 0.2) is 11.4 Å². The maximum atomic E-state index is 15.6. The molecule has 1 aromatic carbocycles. The van der Waals surface area contributed by atoms with Gasteiger partial charge in [0.1, 0.15) is 60.8 Å². The molecule has 0 saturated carbocycles. The number of ether oxygens (including phenoxy) is 11. The third kappa shape index (κ3) is 31.8. The highest BCUT2D eigenvalue weighted by atomic mass is 32.2. The van der Waals surface area contributed by atoms with Gasteiger partial charge in [-0.1, -0.05) is 46.0 Å². The molecule has 2 fully saturated rings. The number of amides is 9. The number of piperidine rings is 1. The van der Waals surface area contributed by atoms with Crippen molar-refractivity contribution in [2.45, 2.75) is 244 Å². The van der Waals surface area contributed by atoms with Crippen LogP contribution in [0, 0.1) is 36.4 Å². The number of cyclic esters (lactones) is 1. The molecular formula is C101H140FN17O25S2. The first-order chi connectivity index (χ1) is 70.1. The van der Waals surface area contributed by atoms with E-state index in [4.69, 9.17) is 72.8 Å². The molecule has 1 aliphatic carbocycles. The van der Waals surface area contributed by atoms with Crippen molar-refractivity contribution in [1.29, 1.82) is 0 Å². The second-order valence-electron chi connectivity index (χ2n) is 38.2. The Morgan fingerprint density at radius 2 is 1.34 bits per heavy atom. The minimum absolute atomic E-state index is 0.00576. The monoisotopic (exact) mass is 2070 g/mol. The third-order valence-electron chi connectivity index (χ3n) is 25.9. The number of pyridine rings is 3. The molecule has 2 saturated heterocycles. The van der Waals surface area contributed by atoms with Gasteiger partial charge < -0.3 is 120 Å². The maximum absolute atomic E-state index is 15.6. The van der Waals surface area contributed by atoms with Crippen LogP contribution in [-0.4, -0.2) is 294 Å². The number of thiophene rings is 1. The molecule has 6 aromatic heterocycles. The second-order valence-corrected chi connectivity index (χ2v) is 41.2. The molecule has 7 aromatic rings. The summed E-state index contributed by atoms with van der Waals surface area (Å²) in [6.45, 7) is 20.0. The number of hydrogen-bond donors (Lipinski definition) is 10. The minimum Gasteiger partial charge on any atom is -0.458 e. The molecule has 45 heteroatoms. The fourth-order valence-corrected chi connectivity index (χ4v) is 19.9. The number of rotatable bonds is 57. The number of nitrogens with two attached hydrogens (primary N) is 1. The number of carbonyl (C=O) groups excluding carboxylic acids is 10. The van der Waals surface area contributed by atoms with Crippen molar-refractivity contribution in [3.05, 3.63) is 96.4 Å². The summed E-state index contributed by atoms with van der Waals surface area (Å²) in [7, 11) is -3.64. The number of aryl methyl sites for hydroxylation is 2. The number of nitrogens with zero attached hydrogens (tertiary/aromatic N) is 8. The molecule has 11 N–H and O–H groups in total. The molecular weight excluding hydrogens is 1930 g/mol. The summed E-state index contributed by atoms with van der Waals surface area (Å²) in [5.74, 6) is 1.45. The number of sulfone groups is 1. The van der Waals surface area contributed by atoms with Crippen molar-refractivity contribution >= 4 is 118 Å². The van der Waals surface area contributed by atoms with Crippen LogP contribution in [0.5, 0.6) is 0 Å². The zero-order chi connectivity index (χ0) is 105. The number of aliphatic hydroxyl groups is 1. The van der Waals surface area contributed by atoms with Crippen molar-refractivity contribution < 1.29 is 118 Å². The molecule has 5 aliphatic rings. The SMILES string of the molecule is CCCCc1nc2c(N)nc3cc(C4CCN(C(=O)CCOCCOCCOCCOCCOCCOCCOCCNC(=O)[C@H](CCC(=O)N[C@H](C(=O)N[C@@H](CCCCNC(=O)OC(C)(C)C)C(=O)NCC(=O)NCOCC(=O)N[C@H]5CCc6c(C)c(F)cc7nc8c(c5c67)Cn5c-8cc6c(c5=O)COC(=O)[C@]6(O)CC)C(C)C)NC(=O)CCCC#Cc5cnc(S(C)(=O)=O)nc5)CC4)sc3c2n1CC1CCOCC1. The lowest BCUT2D eigenvalue weighted by atomic mass is 9.81. The zero-order valence-corrected chi connectivity index (χ0v) is 86.5. The topological polar surface area (TPSA) is 543 Å². The number of nitrogen functional groups attached to an aromatic ring is 1. The Balaban J connectivity index is 0.526. The first kappa shape index (κ1) is 113. The van der Waals surface area contributed by atoms with Crippen molar-refractivity contribution in [3.8, 4) is 23.2 Å². The Bertz CT molecular complexity index is 5970. The number of imidazole rings is 1. The highest BCUT2D eigenvalue weighted by molar-refractivity contribution is 7.90. The van der Waals surface area contributed by atoms with E-state index >= 15 is 4.39 Å². The van der Waals surface area contributed by atoms with Crippen molar-refractivity contribution in [2.75, 3.05) is 164 Å². The Labute approximate surface area is 852 Å². The van der Waals surface area contributed by atoms with Gasteiger partial charge in [0.05, 0.1) is 162 Å². The zero-order valence-electron chi connectivity index (χ0n) is 84.8. The van der Waals surface area contributed by atoms with Gasteiger partial charge in [-0.2, -0.15) is 0 Å². The van der Waals surface area contributed by atoms with Gasteiger partial charge in [0.2, 0.25) is 62.3 Å². The average molecular weight is 2080 g/mol. The van der Waals surface area contributed by atoms with E-state index in [2.05, 4.69) is 81.9 Å². The van der Waals surface area contributed by atoms with E-state index in [1.807, 2.05) is 4.90 Å². The number of likely N-dealkylation sites (tertiary alicyclic amines) is 1. The fourth-order valence-electron chi connectivity index (χ4n) is 18.1. The number of halogens is 1. The number of alkyl carbamates (subject to hydrolysis) is 1. The van der Waals surface area contributed by atoms with Crippen molar-refractivity contribution in [2.24, 2.45) is 11.8 Å². The highest BCUT2D eigenvalue weighted by Crippen LogP contribution is 2.47. The summed E-state index contributed by atoms with van der Waals surface area (Å²) in [5, 5.41) is 33.3. The number of unbranched alkanes of at least 4 members (excludes halogenated alkanes) is 3. The molecule has 0 bridgehead atoms. The van der Waals surface area contributed by atoms with Crippen LogP contribution in [0.3, 0.4) is 0 Å². The summed E-state index contributed by atoms with van der Waals surface area (Å²) in [6.07, 6.45) is 10.9. The van der Waals surface area contributed by atoms with Gasteiger partial charge in [-0.05, 0) is 158 Å². The molecule has 5 atom stereocenters. The third-order valence-corrected chi connectivity index (χ3v) is 28.1. The summed E-state index contributed by atoms with van der Waals surface area (Å²) in [4.78, 5) is 175. The first-order valence-corrected chi connectivity index (χ1v) is 53.2. The average Bonchev–Trinajstić information content (AvgIpc) is 1.53. The van der Waals surface area contributed by atoms with Crippen LogP contribution in [0.4, 0.5) is 15.0 Å². The predicted molar refractivity (Wildman–Crippen MR) is 536 cm³/mol. The Hall–Kier alpha value is -11.4. The van der Waals surface area contributed by atoms with Crippen LogP contribution in [0.25, 0.3) is 43.5 Å². The number of esters is 1. The fraction of sp³-hybridized carbons (Fsp3) is 0.624. The lowest BCUT2D eigenvalue weighted by Gasteiger charge is -2.31. The smallest absolute Gasteiger partial charge is 0.407 e. The maximum Gasteiger partial charge on any atom is 0.407 e. The van der Waals surface area contributed by atoms with Gasteiger partial charge in [0, 0.05) is 118 Å². The number of nitrogens with one attached hydrogen (secondary N) is 8. The minimum atomic E-state index is -3.64. The number of carbonyl (C=O) groups is 10. The van der Waals surface area contributed by atoms with Crippen LogP contribution in [0.15, 0.2) is 40.5 Å². The molecule has 9 amide bonds. The van der Waals surface area contributed by atoms with Crippen molar-refractivity contribution in [3.63, 3.8) is 0 Å². The van der Waals surface area contributed by atoms with Crippen LogP contribution in [0.1, 0.15) is 219 Å². The second kappa shape index (κ2) is 55.0. The van der Waals surface area contributed by atoms with Crippen LogP contribution < -0.4 is 53.8 Å². The molecule has 12 rings (SSSR count). The molecule has 42 nitrogen and oxygen atoms in total. The van der Waals surface area contributed by atoms with Gasteiger partial charge >= 0.3 is 12.1 Å². The lowest BCUT2D eigenvalue weighted by Crippen LogP contribution is -2.56. The van der Waals surface area contributed by atoms with Gasteiger partial charge in [-0.25, -0.2) is 47.3 Å². The number of hydrogen-bond acceptors (Lipinski definition) is 32. The standard InChI is InChI=1S/C101H140FN17O25S2/c1-10-12-20-79-115-89-90(119(79)57-64-28-35-134-36-29-64)91-76(113-92(89)103)53-78(145-91)66-26-33-117(34-27-66)84(124)30-37-135-39-41-137-43-45-139-47-49-141-50-48-140-46-44-138-42-40-136-38-32-104-93(125)74(111-80(120)21-15-13-14-18-65-54-107-98(108-55-65)146(9,132)133)24-25-81(121)116-87(62(3)4)95(127)114-73(19-16-17-31-105-99(130)144-100(6,7)8)94(126)106-56-82(122)109-61-142-60-83(123)110-72-23-22-67-63(5)71(102)52-75-85(67)86(72)68-58-118-77(88(68)112-75)51-70-69(96(118)128)59-143-97(129)101(70,131)11-2/h51-55,62,64,66,72-74,87,131H,10-13,15-17,19-50,56-61H2,1-9H3,(H2,103,113)(H,104,125)(H,105,130)(H,106,126)(H,109,122)(H,110,123)(H,111,120)(H,114,127)(H,116,121)/t72-,73-,74-,87-,101-/m0/s1. The molecule has 0 spiro atoms. The van der Waals surface area contributed by atoms with E-state index in [0.717, 1.165) is 98.0 Å². The van der Waals surface area contributed by atoms with Gasteiger partial charge in [-0.3, -0.25) is 43.2 Å². The summed E-state index contributed by atoms with van der Waals surface area (Å²) < 4.78 is 106. The molecule has 4 aliphatic heterocycles. The number of aromatic nitrogens is 7. The normalized spacial score (nSPS) is 16.4. The van der Waals surface area contributed by atoms with Gasteiger partial charge in [-0.15, -0.1) is 11.3 Å². The summed E-state index contributed by atoms with van der Waals surface area (Å²) in [5.41, 5.74) is 9.79. The first-order valence-electron chi connectivity index (χ1n) is 50.5. The molecule has 10 heterocycles. The summed E-state index contributed by atoms with van der Waals surface area (Å²) >= 11 is 1.80. The Morgan fingerprint density at radius 3 is 1.99 bits per heavy atom. The number of fused-ring (bicyclic) bond motifs is 8. The lowest BCUT2D eigenvalue weighted by molar-refractivity contribution is -0.172.